The van der Waals surface area contributed by atoms with Crippen molar-refractivity contribution < 1.29 is 14.7 Å². The molecule has 5 heteroatoms. The van der Waals surface area contributed by atoms with E-state index >= 15 is 0 Å². The molecule has 1 aliphatic rings. The van der Waals surface area contributed by atoms with E-state index in [1.54, 1.807) is 6.08 Å². The molecule has 1 heterocycles. The summed E-state index contributed by atoms with van der Waals surface area (Å²) in [6.45, 7) is 5.73. The van der Waals surface area contributed by atoms with Gasteiger partial charge >= 0.3 is 5.97 Å². The van der Waals surface area contributed by atoms with Crippen LogP contribution in [-0.2, 0) is 9.59 Å². The Morgan fingerprint density at radius 2 is 2.20 bits per heavy atom. The molecule has 0 spiro atoms. The number of likely N-dealkylation sites (tertiary alicyclic amines) is 1. The number of carboxylic acids is 1. The molecule has 1 saturated heterocycles. The molecule has 0 saturated carbocycles. The van der Waals surface area contributed by atoms with Gasteiger partial charge in [0, 0.05) is 19.6 Å². The number of nitrogens with zero attached hydrogens (tertiary/aromatic N) is 1. The SMILES string of the molecule is C=CCNC(=O)CN1CC(CC(=O)O)C1. The van der Waals surface area contributed by atoms with Gasteiger partial charge in [-0.2, -0.15) is 0 Å². The number of hydrogen-bond acceptors (Lipinski definition) is 3. The average Bonchev–Trinajstić information content (AvgIpc) is 2.10. The van der Waals surface area contributed by atoms with Gasteiger partial charge in [0.2, 0.25) is 5.91 Å². The number of rotatable bonds is 6. The lowest BCUT2D eigenvalue weighted by atomic mass is 9.96. The molecule has 0 unspecified atom stereocenters. The second-order valence-corrected chi connectivity index (χ2v) is 3.75. The molecule has 1 amide bonds. The van der Waals surface area contributed by atoms with Crippen LogP contribution in [0.5, 0.6) is 0 Å². The Morgan fingerprint density at radius 1 is 1.53 bits per heavy atom. The van der Waals surface area contributed by atoms with Crippen LogP contribution < -0.4 is 5.32 Å². The number of carboxylic acid groups (broad SMARTS) is 1. The predicted molar refractivity (Wildman–Crippen MR) is 55.4 cm³/mol. The van der Waals surface area contributed by atoms with Crippen molar-refractivity contribution in [1.29, 1.82) is 0 Å². The number of amides is 1. The summed E-state index contributed by atoms with van der Waals surface area (Å²) in [7, 11) is 0. The Balaban J connectivity index is 2.09. The molecule has 0 aliphatic carbocycles. The highest BCUT2D eigenvalue weighted by Crippen LogP contribution is 2.17. The fraction of sp³-hybridized carbons (Fsp3) is 0.600. The highest BCUT2D eigenvalue weighted by molar-refractivity contribution is 5.78. The molecule has 84 valence electrons. The van der Waals surface area contributed by atoms with Crippen LogP contribution in [0.1, 0.15) is 6.42 Å². The van der Waals surface area contributed by atoms with Gasteiger partial charge in [0.25, 0.3) is 0 Å². The molecule has 0 aromatic carbocycles. The maximum Gasteiger partial charge on any atom is 0.303 e. The van der Waals surface area contributed by atoms with Crippen molar-refractivity contribution in [2.75, 3.05) is 26.2 Å². The normalized spacial score (nSPS) is 16.8. The first-order valence-corrected chi connectivity index (χ1v) is 4.93. The molecule has 0 atom stereocenters. The monoisotopic (exact) mass is 212 g/mol. The molecule has 1 rings (SSSR count). The molecular formula is C10H16N2O3. The maximum absolute atomic E-state index is 11.2. The Bertz CT molecular complexity index is 259. The zero-order chi connectivity index (χ0) is 11.3. The van der Waals surface area contributed by atoms with Crippen LogP contribution in [-0.4, -0.2) is 48.1 Å². The Morgan fingerprint density at radius 3 is 2.73 bits per heavy atom. The molecule has 0 bridgehead atoms. The number of aliphatic carboxylic acids is 1. The average molecular weight is 212 g/mol. The van der Waals surface area contributed by atoms with E-state index in [1.165, 1.54) is 0 Å². The third-order valence-electron chi connectivity index (χ3n) is 2.31. The first-order chi connectivity index (χ1) is 7.11. The van der Waals surface area contributed by atoms with E-state index in [0.717, 1.165) is 0 Å². The van der Waals surface area contributed by atoms with Gasteiger partial charge in [-0.25, -0.2) is 0 Å². The molecule has 15 heavy (non-hydrogen) atoms. The number of carbonyl (C=O) groups excluding carboxylic acids is 1. The minimum Gasteiger partial charge on any atom is -0.481 e. The summed E-state index contributed by atoms with van der Waals surface area (Å²) in [6.07, 6.45) is 1.83. The van der Waals surface area contributed by atoms with E-state index in [0.29, 0.717) is 26.2 Å². The number of carbonyl (C=O) groups is 2. The molecule has 2 N–H and O–H groups in total. The van der Waals surface area contributed by atoms with Gasteiger partial charge in [-0.15, -0.1) is 6.58 Å². The molecule has 5 nitrogen and oxygen atoms in total. The molecule has 0 aromatic heterocycles. The van der Waals surface area contributed by atoms with Gasteiger partial charge in [-0.05, 0) is 5.92 Å². The molecule has 0 radical (unpaired) electrons. The summed E-state index contributed by atoms with van der Waals surface area (Å²) in [5, 5.41) is 11.2. The Kier molecular flexibility index (Phi) is 4.30. The quantitative estimate of drug-likeness (QED) is 0.593. The third-order valence-corrected chi connectivity index (χ3v) is 2.31. The lowest BCUT2D eigenvalue weighted by Gasteiger charge is -2.37. The van der Waals surface area contributed by atoms with Crippen LogP contribution in [0.2, 0.25) is 0 Å². The van der Waals surface area contributed by atoms with Crippen LogP contribution in [0.25, 0.3) is 0 Å². The van der Waals surface area contributed by atoms with E-state index in [9.17, 15) is 9.59 Å². The van der Waals surface area contributed by atoms with Crippen molar-refractivity contribution in [1.82, 2.24) is 10.2 Å². The summed E-state index contributed by atoms with van der Waals surface area (Å²) >= 11 is 0. The van der Waals surface area contributed by atoms with Crippen LogP contribution in [0.15, 0.2) is 12.7 Å². The molecule has 1 aliphatic heterocycles. The maximum atomic E-state index is 11.2. The zero-order valence-electron chi connectivity index (χ0n) is 8.61. The van der Waals surface area contributed by atoms with E-state index < -0.39 is 5.97 Å². The van der Waals surface area contributed by atoms with Crippen molar-refractivity contribution in [2.24, 2.45) is 5.92 Å². The fourth-order valence-electron chi connectivity index (χ4n) is 1.63. The van der Waals surface area contributed by atoms with Crippen LogP contribution in [0.3, 0.4) is 0 Å². The molecule has 1 fully saturated rings. The van der Waals surface area contributed by atoms with Gasteiger partial charge in [0.1, 0.15) is 0 Å². The topological polar surface area (TPSA) is 69.6 Å². The number of hydrogen-bond donors (Lipinski definition) is 2. The van der Waals surface area contributed by atoms with Crippen molar-refractivity contribution in [3.05, 3.63) is 12.7 Å². The third kappa shape index (κ3) is 4.12. The van der Waals surface area contributed by atoms with Crippen molar-refractivity contribution in [3.63, 3.8) is 0 Å². The Hall–Kier alpha value is -1.36. The second-order valence-electron chi connectivity index (χ2n) is 3.75. The summed E-state index contributed by atoms with van der Waals surface area (Å²) in [5.74, 6) is -0.603. The van der Waals surface area contributed by atoms with E-state index in [-0.39, 0.29) is 18.2 Å². The van der Waals surface area contributed by atoms with Gasteiger partial charge in [0.05, 0.1) is 13.0 Å². The highest BCUT2D eigenvalue weighted by Gasteiger charge is 2.29. The number of nitrogens with one attached hydrogen (secondary N) is 1. The van der Waals surface area contributed by atoms with Crippen LogP contribution in [0.4, 0.5) is 0 Å². The van der Waals surface area contributed by atoms with Gasteiger partial charge in [0.15, 0.2) is 0 Å². The minimum absolute atomic E-state index is 0.0383. The van der Waals surface area contributed by atoms with Crippen molar-refractivity contribution in [3.8, 4) is 0 Å². The Labute approximate surface area is 88.8 Å². The summed E-state index contributed by atoms with van der Waals surface area (Å²) in [4.78, 5) is 23.5. The first kappa shape index (κ1) is 11.7. The molecule has 0 aromatic rings. The van der Waals surface area contributed by atoms with Crippen molar-refractivity contribution >= 4 is 11.9 Å². The lowest BCUT2D eigenvalue weighted by Crippen LogP contribution is -2.51. The van der Waals surface area contributed by atoms with Gasteiger partial charge in [-0.1, -0.05) is 6.08 Å². The summed E-state index contributed by atoms with van der Waals surface area (Å²) in [5.41, 5.74) is 0. The van der Waals surface area contributed by atoms with E-state index in [2.05, 4.69) is 11.9 Å². The van der Waals surface area contributed by atoms with E-state index in [4.69, 9.17) is 5.11 Å². The fourth-order valence-corrected chi connectivity index (χ4v) is 1.63. The van der Waals surface area contributed by atoms with Gasteiger partial charge < -0.3 is 10.4 Å². The second kappa shape index (κ2) is 5.50. The zero-order valence-corrected chi connectivity index (χ0v) is 8.61. The molecular weight excluding hydrogens is 196 g/mol. The smallest absolute Gasteiger partial charge is 0.303 e. The standard InChI is InChI=1S/C10H16N2O3/c1-2-3-11-9(13)7-12-5-8(6-12)4-10(14)15/h2,8H,1,3-7H2,(H,11,13)(H,14,15). The van der Waals surface area contributed by atoms with E-state index in [1.807, 2.05) is 4.90 Å². The highest BCUT2D eigenvalue weighted by atomic mass is 16.4. The first-order valence-electron chi connectivity index (χ1n) is 4.93. The largest absolute Gasteiger partial charge is 0.481 e. The summed E-state index contributed by atoms with van der Waals surface area (Å²) < 4.78 is 0. The van der Waals surface area contributed by atoms with Crippen LogP contribution >= 0.6 is 0 Å². The summed E-state index contributed by atoms with van der Waals surface area (Å²) in [6, 6.07) is 0. The van der Waals surface area contributed by atoms with Crippen molar-refractivity contribution in [2.45, 2.75) is 6.42 Å². The minimum atomic E-state index is -0.768. The lowest BCUT2D eigenvalue weighted by molar-refractivity contribution is -0.139. The van der Waals surface area contributed by atoms with Crippen LogP contribution in [0, 0.1) is 5.92 Å². The van der Waals surface area contributed by atoms with Gasteiger partial charge in [-0.3, -0.25) is 14.5 Å². The predicted octanol–water partition coefficient (Wildman–Crippen LogP) is -0.305.